The topological polar surface area (TPSA) is 81.9 Å². The summed E-state index contributed by atoms with van der Waals surface area (Å²) in [5.41, 5.74) is -0.594. The van der Waals surface area contributed by atoms with E-state index < -0.39 is 5.56 Å². The van der Waals surface area contributed by atoms with E-state index in [1.54, 1.807) is 0 Å². The molecule has 3 N–H and O–H groups in total. The lowest BCUT2D eigenvalue weighted by Gasteiger charge is -1.91. The molecule has 0 aliphatic carbocycles. The van der Waals surface area contributed by atoms with Gasteiger partial charge >= 0.3 is 0 Å². The van der Waals surface area contributed by atoms with E-state index in [4.69, 9.17) is 10.6 Å². The minimum atomic E-state index is -0.437. The Morgan fingerprint density at radius 1 is 1.67 bits per heavy atom. The third-order valence-electron chi connectivity index (χ3n) is 0.837. The summed E-state index contributed by atoms with van der Waals surface area (Å²) in [6, 6.07) is 2.36. The molecule has 0 fully saturated rings. The predicted molar refractivity (Wildman–Crippen MR) is 28.1 cm³/mol. The maximum Gasteiger partial charge on any atom is 0.265 e. The van der Waals surface area contributed by atoms with Crippen LogP contribution in [-0.2, 0) is 0 Å². The summed E-state index contributed by atoms with van der Waals surface area (Å²) in [4.78, 5) is 10.7. The Kier molecular flexibility index (Phi) is 1.11. The molecule has 48 valence electrons. The van der Waals surface area contributed by atoms with Crippen molar-refractivity contribution in [2.45, 2.75) is 0 Å². The van der Waals surface area contributed by atoms with Gasteiger partial charge in [0.15, 0.2) is 5.49 Å². The highest BCUT2D eigenvalue weighted by molar-refractivity contribution is 4.81. The van der Waals surface area contributed by atoms with E-state index in [9.17, 15) is 4.79 Å². The number of hydrogen-bond acceptors (Lipinski definition) is 3. The maximum atomic E-state index is 10.3. The highest BCUT2D eigenvalue weighted by atomic mass is 16.5. The van der Waals surface area contributed by atoms with Crippen LogP contribution in [-0.4, -0.2) is 15.2 Å². The molecular weight excluding hydrogens is 122 g/mol. The van der Waals surface area contributed by atoms with Crippen LogP contribution in [0.15, 0.2) is 16.9 Å². The van der Waals surface area contributed by atoms with Gasteiger partial charge in [0.25, 0.3) is 5.56 Å². The zero-order chi connectivity index (χ0) is 6.85. The minimum Gasteiger partial charge on any atom is -0.411 e. The first-order chi connectivity index (χ1) is 4.20. The highest BCUT2D eigenvalue weighted by Crippen LogP contribution is 1.56. The van der Waals surface area contributed by atoms with Gasteiger partial charge < -0.3 is 5.21 Å². The van der Waals surface area contributed by atoms with Crippen molar-refractivity contribution in [1.29, 1.82) is 5.41 Å². The van der Waals surface area contributed by atoms with Crippen LogP contribution in [0.2, 0.25) is 0 Å². The van der Waals surface area contributed by atoms with E-state index in [1.165, 1.54) is 6.07 Å². The number of nitrogens with one attached hydrogen (secondary N) is 2. The maximum absolute atomic E-state index is 10.3. The molecule has 1 heterocycles. The van der Waals surface area contributed by atoms with E-state index in [0.717, 1.165) is 6.07 Å². The van der Waals surface area contributed by atoms with E-state index in [1.807, 2.05) is 5.10 Å². The zero-order valence-electron chi connectivity index (χ0n) is 4.46. The van der Waals surface area contributed by atoms with Gasteiger partial charge in [-0.05, 0) is 6.07 Å². The summed E-state index contributed by atoms with van der Waals surface area (Å²) in [5.74, 6) is 0. The van der Waals surface area contributed by atoms with Crippen LogP contribution in [0.1, 0.15) is 0 Å². The molecule has 0 amide bonds. The Balaban J connectivity index is 3.52. The number of aromatic amines is 1. The molecule has 5 heteroatoms. The lowest BCUT2D eigenvalue weighted by molar-refractivity contribution is 0.128. The van der Waals surface area contributed by atoms with Crippen molar-refractivity contribution in [2.75, 3.05) is 0 Å². The Labute approximate surface area is 49.6 Å². The lowest BCUT2D eigenvalue weighted by Crippen LogP contribution is -2.25. The summed E-state index contributed by atoms with van der Waals surface area (Å²) >= 11 is 0. The molecule has 0 radical (unpaired) electrons. The number of hydrogen-bond donors (Lipinski definition) is 3. The van der Waals surface area contributed by atoms with Gasteiger partial charge in [0.1, 0.15) is 0 Å². The molecule has 0 aliphatic heterocycles. The van der Waals surface area contributed by atoms with Crippen LogP contribution in [0.3, 0.4) is 0 Å². The number of H-pyrrole nitrogens is 1. The summed E-state index contributed by atoms with van der Waals surface area (Å²) in [6.07, 6.45) is 0. The monoisotopic (exact) mass is 127 g/mol. The van der Waals surface area contributed by atoms with Crippen LogP contribution >= 0.6 is 0 Å². The third kappa shape index (κ3) is 0.987. The van der Waals surface area contributed by atoms with Gasteiger partial charge in [0.2, 0.25) is 0 Å². The third-order valence-corrected chi connectivity index (χ3v) is 0.837. The average Bonchev–Trinajstić information content (AvgIpc) is 1.80. The van der Waals surface area contributed by atoms with Crippen LogP contribution in [0.5, 0.6) is 0 Å². The fourth-order valence-corrected chi connectivity index (χ4v) is 0.427. The van der Waals surface area contributed by atoms with Crippen LogP contribution in [0.4, 0.5) is 0 Å². The number of rotatable bonds is 0. The quantitative estimate of drug-likeness (QED) is 0.386. The Bertz CT molecular complexity index is 310. The molecule has 9 heavy (non-hydrogen) atoms. The van der Waals surface area contributed by atoms with Gasteiger partial charge in [0, 0.05) is 6.07 Å². The van der Waals surface area contributed by atoms with Gasteiger partial charge in [-0.2, -0.15) is 0 Å². The Morgan fingerprint density at radius 2 is 2.33 bits per heavy atom. The molecule has 1 aromatic heterocycles. The predicted octanol–water partition coefficient (Wildman–Crippen LogP) is -1.11. The lowest BCUT2D eigenvalue weighted by atomic mass is 10.6. The smallest absolute Gasteiger partial charge is 0.265 e. The highest BCUT2D eigenvalue weighted by Gasteiger charge is 1.84. The molecule has 0 aliphatic rings. The summed E-state index contributed by atoms with van der Waals surface area (Å²) in [5, 5.41) is 17.4. The molecule has 0 bridgehead atoms. The van der Waals surface area contributed by atoms with Gasteiger partial charge in [0.05, 0.1) is 0 Å². The minimum absolute atomic E-state index is 0.158. The molecule has 0 atom stereocenters. The number of aromatic nitrogens is 2. The molecule has 5 nitrogen and oxygen atoms in total. The van der Waals surface area contributed by atoms with Crippen molar-refractivity contribution in [3.05, 3.63) is 28.0 Å². The standard InChI is InChI=1S/C4H5N3O2/c5-3-1-2-4(8)6-7(3)9/h1-2,5,9H,(H,6,8). The summed E-state index contributed by atoms with van der Waals surface area (Å²) < 4.78 is 0. The van der Waals surface area contributed by atoms with Crippen molar-refractivity contribution in [3.63, 3.8) is 0 Å². The van der Waals surface area contributed by atoms with E-state index in [0.29, 0.717) is 4.85 Å². The Hall–Kier alpha value is -1.52. The first-order valence-corrected chi connectivity index (χ1v) is 2.26. The van der Waals surface area contributed by atoms with Gasteiger partial charge in [-0.3, -0.25) is 10.2 Å². The van der Waals surface area contributed by atoms with E-state index in [2.05, 4.69) is 0 Å². The van der Waals surface area contributed by atoms with Gasteiger partial charge in [-0.25, -0.2) is 5.10 Å². The van der Waals surface area contributed by atoms with Gasteiger partial charge in [-0.1, -0.05) is 0 Å². The molecule has 1 rings (SSSR count). The van der Waals surface area contributed by atoms with Crippen LogP contribution < -0.4 is 11.0 Å². The molecule has 0 unspecified atom stereocenters. The van der Waals surface area contributed by atoms with Crippen molar-refractivity contribution in [3.8, 4) is 0 Å². The largest absolute Gasteiger partial charge is 0.411 e. The summed E-state index contributed by atoms with van der Waals surface area (Å²) in [7, 11) is 0. The molecule has 0 spiro atoms. The Morgan fingerprint density at radius 3 is 2.78 bits per heavy atom. The average molecular weight is 127 g/mol. The van der Waals surface area contributed by atoms with E-state index in [-0.39, 0.29) is 5.49 Å². The van der Waals surface area contributed by atoms with Crippen molar-refractivity contribution < 1.29 is 5.21 Å². The van der Waals surface area contributed by atoms with Crippen molar-refractivity contribution in [1.82, 2.24) is 9.94 Å². The second-order valence-corrected chi connectivity index (χ2v) is 1.51. The van der Waals surface area contributed by atoms with Gasteiger partial charge in [-0.15, -0.1) is 4.85 Å². The fraction of sp³-hybridized carbons (Fsp3) is 0. The van der Waals surface area contributed by atoms with Crippen molar-refractivity contribution >= 4 is 0 Å². The SMILES string of the molecule is N=c1ccc(=O)[nH]n1O. The fourth-order valence-electron chi connectivity index (χ4n) is 0.427. The zero-order valence-corrected chi connectivity index (χ0v) is 4.46. The second-order valence-electron chi connectivity index (χ2n) is 1.51. The molecular formula is C4H5N3O2. The van der Waals surface area contributed by atoms with Crippen LogP contribution in [0, 0.1) is 5.41 Å². The molecule has 0 aromatic carbocycles. The van der Waals surface area contributed by atoms with Crippen LogP contribution in [0.25, 0.3) is 0 Å². The van der Waals surface area contributed by atoms with E-state index >= 15 is 0 Å². The second kappa shape index (κ2) is 1.77. The number of nitrogens with zero attached hydrogens (tertiary/aromatic N) is 1. The summed E-state index contributed by atoms with van der Waals surface area (Å²) in [6.45, 7) is 0. The molecule has 0 saturated heterocycles. The molecule has 0 saturated carbocycles. The first kappa shape index (κ1) is 5.61. The first-order valence-electron chi connectivity index (χ1n) is 2.26. The normalized spacial score (nSPS) is 9.33. The molecule has 1 aromatic rings. The van der Waals surface area contributed by atoms with Crippen molar-refractivity contribution in [2.24, 2.45) is 0 Å².